The van der Waals surface area contributed by atoms with Crippen molar-refractivity contribution in [2.75, 3.05) is 5.32 Å². The molecule has 0 spiro atoms. The summed E-state index contributed by atoms with van der Waals surface area (Å²) in [6, 6.07) is 12.7. The van der Waals surface area contributed by atoms with E-state index in [1.165, 1.54) is 0 Å². The van der Waals surface area contributed by atoms with Gasteiger partial charge in [-0.3, -0.25) is 0 Å². The Hall–Kier alpha value is -2.64. The van der Waals surface area contributed by atoms with Crippen molar-refractivity contribution >= 4 is 32.9 Å². The fraction of sp³-hybridized carbons (Fsp3) is 0.391. The molecule has 0 bridgehead atoms. The minimum Gasteiger partial charge on any atom is -0.490 e. The molecule has 7 heteroatoms. The van der Waals surface area contributed by atoms with Crippen LogP contribution in [0.5, 0.6) is 5.75 Å². The maximum absolute atomic E-state index is 9.73. The van der Waals surface area contributed by atoms with E-state index in [9.17, 15) is 5.11 Å². The van der Waals surface area contributed by atoms with Crippen molar-refractivity contribution < 1.29 is 9.84 Å². The Kier molecular flexibility index (Phi) is 5.08. The number of nitrogens with zero attached hydrogens (tertiary/aromatic N) is 3. The van der Waals surface area contributed by atoms with Crippen molar-refractivity contribution in [3.63, 3.8) is 0 Å². The summed E-state index contributed by atoms with van der Waals surface area (Å²) in [4.78, 5) is 5.66. The van der Waals surface area contributed by atoms with E-state index in [-0.39, 0.29) is 12.2 Å². The Morgan fingerprint density at radius 3 is 2.80 bits per heavy atom. The average Bonchev–Trinajstić information content (AvgIpc) is 3.33. The number of thiophene rings is 1. The molecule has 3 heterocycles. The molecule has 0 unspecified atom stereocenters. The second-order valence-corrected chi connectivity index (χ2v) is 9.29. The fourth-order valence-electron chi connectivity index (χ4n) is 4.06. The fourth-order valence-corrected chi connectivity index (χ4v) is 5.17. The van der Waals surface area contributed by atoms with E-state index in [0.717, 1.165) is 63.6 Å². The molecule has 4 aromatic rings. The first-order chi connectivity index (χ1) is 14.6. The molecule has 0 aliphatic heterocycles. The number of hydrogen-bond acceptors (Lipinski definition) is 6. The third kappa shape index (κ3) is 3.75. The van der Waals surface area contributed by atoms with Gasteiger partial charge in [-0.2, -0.15) is 0 Å². The first-order valence-corrected chi connectivity index (χ1v) is 11.4. The highest BCUT2D eigenvalue weighted by atomic mass is 32.1. The van der Waals surface area contributed by atoms with E-state index >= 15 is 0 Å². The first-order valence-electron chi connectivity index (χ1n) is 10.6. The first kappa shape index (κ1) is 19.3. The second kappa shape index (κ2) is 7.89. The van der Waals surface area contributed by atoms with Crippen molar-refractivity contribution in [3.05, 3.63) is 42.6 Å². The number of aliphatic hydroxyl groups is 1. The monoisotopic (exact) mass is 422 g/mol. The number of aromatic nitrogens is 3. The van der Waals surface area contributed by atoms with E-state index < -0.39 is 0 Å². The van der Waals surface area contributed by atoms with Crippen molar-refractivity contribution in [3.8, 4) is 16.3 Å². The van der Waals surface area contributed by atoms with Crippen LogP contribution in [0.15, 0.2) is 42.6 Å². The van der Waals surface area contributed by atoms with E-state index in [1.54, 1.807) is 11.3 Å². The zero-order valence-corrected chi connectivity index (χ0v) is 18.0. The second-order valence-electron chi connectivity index (χ2n) is 8.23. The lowest BCUT2D eigenvalue weighted by molar-refractivity contribution is 0.126. The molecule has 5 rings (SSSR count). The Labute approximate surface area is 179 Å². The van der Waals surface area contributed by atoms with E-state index in [4.69, 9.17) is 9.84 Å². The van der Waals surface area contributed by atoms with Crippen LogP contribution in [0.4, 0.5) is 5.82 Å². The standard InChI is InChI=1S/C23H26N4O2S/c1-14(2)29-19-5-3-4-15-12-20(30-23(15)19)18-13-24-22-11-10-21(26-27(18)22)25-16-6-8-17(28)9-7-16/h3-5,10-14,16-17,28H,6-9H2,1-2H3,(H,25,26). The quantitative estimate of drug-likeness (QED) is 0.467. The van der Waals surface area contributed by atoms with Gasteiger partial charge in [-0.1, -0.05) is 12.1 Å². The van der Waals surface area contributed by atoms with Gasteiger partial charge in [-0.25, -0.2) is 9.50 Å². The van der Waals surface area contributed by atoms with Gasteiger partial charge < -0.3 is 15.2 Å². The smallest absolute Gasteiger partial charge is 0.154 e. The molecule has 6 nitrogen and oxygen atoms in total. The molecule has 1 fully saturated rings. The summed E-state index contributed by atoms with van der Waals surface area (Å²) in [5.41, 5.74) is 1.80. The van der Waals surface area contributed by atoms with Crippen molar-refractivity contribution in [2.45, 2.75) is 57.8 Å². The van der Waals surface area contributed by atoms with Crippen molar-refractivity contribution in [1.29, 1.82) is 0 Å². The number of hydrogen-bond donors (Lipinski definition) is 2. The van der Waals surface area contributed by atoms with Gasteiger partial charge in [0.1, 0.15) is 17.3 Å². The Bertz CT molecular complexity index is 1170. The number of fused-ring (bicyclic) bond motifs is 2. The maximum Gasteiger partial charge on any atom is 0.154 e. The van der Waals surface area contributed by atoms with Gasteiger partial charge in [0.05, 0.1) is 28.0 Å². The van der Waals surface area contributed by atoms with E-state index in [1.807, 2.05) is 48.8 Å². The van der Waals surface area contributed by atoms with Crippen LogP contribution in [-0.2, 0) is 0 Å². The summed E-state index contributed by atoms with van der Waals surface area (Å²) in [7, 11) is 0. The molecule has 1 aliphatic carbocycles. The number of nitrogens with one attached hydrogen (secondary N) is 1. The largest absolute Gasteiger partial charge is 0.490 e. The predicted octanol–water partition coefficient (Wildman–Crippen LogP) is 5.11. The summed E-state index contributed by atoms with van der Waals surface area (Å²) in [6.45, 7) is 4.09. The van der Waals surface area contributed by atoms with Crippen LogP contribution in [0.25, 0.3) is 26.3 Å². The molecule has 3 aromatic heterocycles. The molecule has 30 heavy (non-hydrogen) atoms. The molecule has 0 saturated heterocycles. The highest BCUT2D eigenvalue weighted by Gasteiger charge is 2.20. The molecular weight excluding hydrogens is 396 g/mol. The van der Waals surface area contributed by atoms with E-state index in [0.29, 0.717) is 6.04 Å². The van der Waals surface area contributed by atoms with Gasteiger partial charge in [0, 0.05) is 6.04 Å². The Morgan fingerprint density at radius 1 is 1.17 bits per heavy atom. The molecule has 0 atom stereocenters. The number of anilines is 1. The minimum atomic E-state index is -0.156. The summed E-state index contributed by atoms with van der Waals surface area (Å²) < 4.78 is 9.06. The minimum absolute atomic E-state index is 0.133. The molecule has 1 aromatic carbocycles. The average molecular weight is 423 g/mol. The third-order valence-corrected chi connectivity index (χ3v) is 6.72. The molecule has 0 amide bonds. The molecule has 2 N–H and O–H groups in total. The lowest BCUT2D eigenvalue weighted by atomic mass is 9.93. The van der Waals surface area contributed by atoms with Crippen LogP contribution in [0.3, 0.4) is 0 Å². The van der Waals surface area contributed by atoms with Crippen molar-refractivity contribution in [1.82, 2.24) is 14.6 Å². The van der Waals surface area contributed by atoms with Crippen LogP contribution in [0.2, 0.25) is 0 Å². The zero-order chi connectivity index (χ0) is 20.7. The summed E-state index contributed by atoms with van der Waals surface area (Å²) in [5, 5.41) is 19.3. The highest BCUT2D eigenvalue weighted by Crippen LogP contribution is 2.39. The van der Waals surface area contributed by atoms with Crippen LogP contribution in [-0.4, -0.2) is 38.0 Å². The van der Waals surface area contributed by atoms with Crippen LogP contribution in [0, 0.1) is 0 Å². The predicted molar refractivity (Wildman–Crippen MR) is 121 cm³/mol. The topological polar surface area (TPSA) is 71.7 Å². The van der Waals surface area contributed by atoms with Gasteiger partial charge in [0.15, 0.2) is 5.65 Å². The summed E-state index contributed by atoms with van der Waals surface area (Å²) >= 11 is 1.71. The lowest BCUT2D eigenvalue weighted by Gasteiger charge is -2.26. The summed E-state index contributed by atoms with van der Waals surface area (Å²) in [5.74, 6) is 1.76. The number of benzene rings is 1. The lowest BCUT2D eigenvalue weighted by Crippen LogP contribution is -2.28. The molecule has 1 saturated carbocycles. The van der Waals surface area contributed by atoms with Gasteiger partial charge >= 0.3 is 0 Å². The highest BCUT2D eigenvalue weighted by molar-refractivity contribution is 7.22. The number of rotatable bonds is 5. The van der Waals surface area contributed by atoms with Gasteiger partial charge in [-0.05, 0) is 69.2 Å². The Balaban J connectivity index is 1.48. The normalized spacial score (nSPS) is 19.6. The zero-order valence-electron chi connectivity index (χ0n) is 17.2. The van der Waals surface area contributed by atoms with Crippen LogP contribution in [0.1, 0.15) is 39.5 Å². The molecule has 156 valence electrons. The number of imidazole rings is 1. The third-order valence-electron chi connectivity index (χ3n) is 5.53. The SMILES string of the molecule is CC(C)Oc1cccc2cc(-c3cnc4ccc(NC5CCC(O)CC5)nn34)sc12. The maximum atomic E-state index is 9.73. The number of ether oxygens (including phenoxy) is 1. The Morgan fingerprint density at radius 2 is 2.00 bits per heavy atom. The van der Waals surface area contributed by atoms with Crippen LogP contribution >= 0.6 is 11.3 Å². The molecule has 0 radical (unpaired) electrons. The van der Waals surface area contributed by atoms with Crippen molar-refractivity contribution in [2.24, 2.45) is 0 Å². The van der Waals surface area contributed by atoms with Gasteiger partial charge in [-0.15, -0.1) is 16.4 Å². The molecular formula is C23H26N4O2S. The van der Waals surface area contributed by atoms with Gasteiger partial charge in [0.25, 0.3) is 0 Å². The number of aliphatic hydroxyl groups excluding tert-OH is 1. The van der Waals surface area contributed by atoms with E-state index in [2.05, 4.69) is 22.4 Å². The van der Waals surface area contributed by atoms with Crippen LogP contribution < -0.4 is 10.1 Å². The summed E-state index contributed by atoms with van der Waals surface area (Å²) in [6.07, 6.45) is 5.48. The van der Waals surface area contributed by atoms with Gasteiger partial charge in [0.2, 0.25) is 0 Å². The molecule has 1 aliphatic rings.